The van der Waals surface area contributed by atoms with Gasteiger partial charge in [0.2, 0.25) is 0 Å². The quantitative estimate of drug-likeness (QED) is 0.729. The lowest BCUT2D eigenvalue weighted by molar-refractivity contribution is -0.138. The van der Waals surface area contributed by atoms with E-state index in [1.807, 2.05) is 33.8 Å². The lowest BCUT2D eigenvalue weighted by atomic mass is 9.79. The van der Waals surface area contributed by atoms with Crippen molar-refractivity contribution in [3.63, 3.8) is 0 Å². The second-order valence-electron chi connectivity index (χ2n) is 7.60. The van der Waals surface area contributed by atoms with Crippen molar-refractivity contribution in [2.45, 2.75) is 51.7 Å². The Labute approximate surface area is 157 Å². The molecule has 0 aliphatic carbocycles. The van der Waals surface area contributed by atoms with Crippen molar-refractivity contribution in [2.24, 2.45) is 0 Å². The molecule has 2 aromatic rings. The third-order valence-corrected chi connectivity index (χ3v) is 5.10. The van der Waals surface area contributed by atoms with Gasteiger partial charge in [0, 0.05) is 5.56 Å². The second-order valence-corrected chi connectivity index (χ2v) is 7.60. The first kappa shape index (κ1) is 19.8. The van der Waals surface area contributed by atoms with Gasteiger partial charge in [-0.1, -0.05) is 30.3 Å². The van der Waals surface area contributed by atoms with Crippen molar-refractivity contribution in [2.75, 3.05) is 0 Å². The number of hydrogen-bond acceptors (Lipinski definition) is 3. The molecule has 1 heterocycles. The van der Waals surface area contributed by atoms with Crippen LogP contribution in [0.15, 0.2) is 48.5 Å². The van der Waals surface area contributed by atoms with E-state index < -0.39 is 30.1 Å². The van der Waals surface area contributed by atoms with Gasteiger partial charge in [0.15, 0.2) is 0 Å². The molecule has 1 saturated heterocycles. The average Bonchev–Trinajstić information content (AvgIpc) is 2.80. The molecule has 27 heavy (non-hydrogen) atoms. The molecule has 0 saturated carbocycles. The molecule has 0 amide bonds. The molecule has 3 nitrogen and oxygen atoms in total. The van der Waals surface area contributed by atoms with Crippen molar-refractivity contribution >= 4 is 12.6 Å². The Morgan fingerprint density at radius 2 is 1.56 bits per heavy atom. The summed E-state index contributed by atoms with van der Waals surface area (Å²) in [6.07, 6.45) is -4.41. The fourth-order valence-corrected chi connectivity index (χ4v) is 2.81. The predicted molar refractivity (Wildman–Crippen MR) is 97.9 cm³/mol. The highest BCUT2D eigenvalue weighted by Crippen LogP contribution is 2.36. The molecule has 0 spiro atoms. The third-order valence-electron chi connectivity index (χ3n) is 5.10. The van der Waals surface area contributed by atoms with E-state index in [1.165, 1.54) is 12.1 Å². The van der Waals surface area contributed by atoms with Crippen LogP contribution in [0.2, 0.25) is 0 Å². The van der Waals surface area contributed by atoms with E-state index in [4.69, 9.17) is 14.0 Å². The van der Waals surface area contributed by atoms with Gasteiger partial charge in [0.05, 0.1) is 16.8 Å². The fourth-order valence-electron chi connectivity index (χ4n) is 2.81. The highest BCUT2D eigenvalue weighted by Gasteiger charge is 2.51. The Bertz CT molecular complexity index is 802. The van der Waals surface area contributed by atoms with Gasteiger partial charge in [-0.3, -0.25) is 0 Å². The van der Waals surface area contributed by atoms with Gasteiger partial charge in [-0.25, -0.2) is 0 Å². The molecule has 0 unspecified atom stereocenters. The molecule has 144 valence electrons. The summed E-state index contributed by atoms with van der Waals surface area (Å²) >= 11 is 0. The summed E-state index contributed by atoms with van der Waals surface area (Å²) in [6, 6.07) is 12.5. The molecular formula is C20H22BF3O3. The SMILES string of the molecule is CC1(C)OB(c2cccc(OCc3ccccc3C(F)(F)F)c2)OC1(C)C. The molecule has 0 atom stereocenters. The van der Waals surface area contributed by atoms with E-state index in [2.05, 4.69) is 0 Å². The van der Waals surface area contributed by atoms with E-state index in [-0.39, 0.29) is 12.2 Å². The topological polar surface area (TPSA) is 27.7 Å². The Balaban J connectivity index is 1.75. The zero-order valence-electron chi connectivity index (χ0n) is 15.8. The number of hydrogen-bond donors (Lipinski definition) is 0. The standard InChI is InChI=1S/C20H22BF3O3/c1-18(2)19(3,4)27-21(26-18)15-9-7-10-16(12-15)25-13-14-8-5-6-11-17(14)20(22,23)24/h5-12H,13H2,1-4H3. The maximum Gasteiger partial charge on any atom is 0.494 e. The third kappa shape index (κ3) is 4.14. The van der Waals surface area contributed by atoms with Crippen molar-refractivity contribution in [1.82, 2.24) is 0 Å². The number of benzene rings is 2. The molecule has 1 aliphatic heterocycles. The van der Waals surface area contributed by atoms with Crippen molar-refractivity contribution < 1.29 is 27.2 Å². The number of ether oxygens (including phenoxy) is 1. The van der Waals surface area contributed by atoms with Crippen LogP contribution in [0.25, 0.3) is 0 Å². The van der Waals surface area contributed by atoms with Crippen LogP contribution in [0, 0.1) is 0 Å². The summed E-state index contributed by atoms with van der Waals surface area (Å²) in [6.45, 7) is 7.66. The molecule has 0 N–H and O–H groups in total. The summed E-state index contributed by atoms with van der Waals surface area (Å²) in [4.78, 5) is 0. The van der Waals surface area contributed by atoms with Gasteiger partial charge in [-0.15, -0.1) is 0 Å². The highest BCUT2D eigenvalue weighted by atomic mass is 19.4. The van der Waals surface area contributed by atoms with Gasteiger partial charge in [-0.2, -0.15) is 13.2 Å². The first-order valence-electron chi connectivity index (χ1n) is 8.73. The fraction of sp³-hybridized carbons (Fsp3) is 0.400. The molecule has 1 fully saturated rings. The van der Waals surface area contributed by atoms with Crippen LogP contribution < -0.4 is 10.2 Å². The van der Waals surface area contributed by atoms with E-state index in [9.17, 15) is 13.2 Å². The number of halogens is 3. The maximum atomic E-state index is 13.1. The highest BCUT2D eigenvalue weighted by molar-refractivity contribution is 6.62. The summed E-state index contributed by atoms with van der Waals surface area (Å²) in [7, 11) is -0.555. The van der Waals surface area contributed by atoms with E-state index in [0.717, 1.165) is 11.5 Å². The monoisotopic (exact) mass is 378 g/mol. The van der Waals surface area contributed by atoms with Crippen molar-refractivity contribution in [1.29, 1.82) is 0 Å². The van der Waals surface area contributed by atoms with Gasteiger partial charge >= 0.3 is 13.3 Å². The van der Waals surface area contributed by atoms with Crippen LogP contribution in [0.5, 0.6) is 5.75 Å². The smallest absolute Gasteiger partial charge is 0.489 e. The summed E-state index contributed by atoms with van der Waals surface area (Å²) in [5.74, 6) is 0.458. The normalized spacial score (nSPS) is 18.6. The summed E-state index contributed by atoms with van der Waals surface area (Å²) in [5.41, 5.74) is -0.784. The van der Waals surface area contributed by atoms with Crippen LogP contribution in [-0.2, 0) is 22.1 Å². The minimum atomic E-state index is -4.41. The molecule has 0 bridgehead atoms. The predicted octanol–water partition coefficient (Wildman–Crippen LogP) is 4.58. The van der Waals surface area contributed by atoms with Crippen LogP contribution in [0.4, 0.5) is 13.2 Å². The first-order valence-corrected chi connectivity index (χ1v) is 8.73. The Kier molecular flexibility index (Phi) is 5.03. The molecular weight excluding hydrogens is 356 g/mol. The number of alkyl halides is 3. The van der Waals surface area contributed by atoms with Crippen LogP contribution in [-0.4, -0.2) is 18.3 Å². The Hall–Kier alpha value is -1.99. The van der Waals surface area contributed by atoms with Gasteiger partial charge in [-0.05, 0) is 51.4 Å². The maximum absolute atomic E-state index is 13.1. The minimum absolute atomic E-state index is 0.0889. The van der Waals surface area contributed by atoms with Gasteiger partial charge < -0.3 is 14.0 Å². The summed E-state index contributed by atoms with van der Waals surface area (Å²) in [5, 5.41) is 0. The average molecular weight is 378 g/mol. The second kappa shape index (κ2) is 6.87. The lowest BCUT2D eigenvalue weighted by Crippen LogP contribution is -2.41. The van der Waals surface area contributed by atoms with E-state index in [1.54, 1.807) is 24.3 Å². The van der Waals surface area contributed by atoms with Crippen LogP contribution in [0.1, 0.15) is 38.8 Å². The molecule has 0 aromatic heterocycles. The lowest BCUT2D eigenvalue weighted by Gasteiger charge is -2.32. The zero-order chi connectivity index (χ0) is 19.9. The van der Waals surface area contributed by atoms with E-state index in [0.29, 0.717) is 5.75 Å². The van der Waals surface area contributed by atoms with Crippen LogP contribution in [0.3, 0.4) is 0 Å². The number of rotatable bonds is 4. The van der Waals surface area contributed by atoms with Crippen molar-refractivity contribution in [3.8, 4) is 5.75 Å². The van der Waals surface area contributed by atoms with Crippen molar-refractivity contribution in [3.05, 3.63) is 59.7 Å². The van der Waals surface area contributed by atoms with E-state index >= 15 is 0 Å². The van der Waals surface area contributed by atoms with Crippen LogP contribution >= 0.6 is 0 Å². The zero-order valence-corrected chi connectivity index (χ0v) is 15.8. The Morgan fingerprint density at radius 3 is 2.19 bits per heavy atom. The molecule has 1 aliphatic rings. The van der Waals surface area contributed by atoms with Gasteiger partial charge in [0.25, 0.3) is 0 Å². The first-order chi connectivity index (χ1) is 12.5. The molecule has 7 heteroatoms. The molecule has 2 aromatic carbocycles. The molecule has 3 rings (SSSR count). The largest absolute Gasteiger partial charge is 0.494 e. The van der Waals surface area contributed by atoms with Gasteiger partial charge in [0.1, 0.15) is 12.4 Å². The molecule has 0 radical (unpaired) electrons. The minimum Gasteiger partial charge on any atom is -0.489 e. The Morgan fingerprint density at radius 1 is 0.926 bits per heavy atom. The summed E-state index contributed by atoms with van der Waals surface area (Å²) < 4.78 is 56.9.